The molecule has 1 aromatic heterocycles. The van der Waals surface area contributed by atoms with Crippen molar-refractivity contribution in [3.05, 3.63) is 103 Å². The van der Waals surface area contributed by atoms with Gasteiger partial charge in [0.05, 0.1) is 29.7 Å². The Hall–Kier alpha value is -3.06. The van der Waals surface area contributed by atoms with Crippen LogP contribution in [0.1, 0.15) is 11.1 Å². The fourth-order valence-electron chi connectivity index (χ4n) is 3.37. The van der Waals surface area contributed by atoms with Gasteiger partial charge in [0.25, 0.3) is 0 Å². The van der Waals surface area contributed by atoms with Crippen LogP contribution in [0.3, 0.4) is 0 Å². The number of alkyl halides is 3. The van der Waals surface area contributed by atoms with Gasteiger partial charge in [-0.25, -0.2) is 9.64 Å². The first-order valence-electron chi connectivity index (χ1n) is 8.83. The first-order chi connectivity index (χ1) is 14.3. The van der Waals surface area contributed by atoms with Crippen molar-refractivity contribution in [3.63, 3.8) is 0 Å². The van der Waals surface area contributed by atoms with Crippen molar-refractivity contribution >= 4 is 39.3 Å². The normalized spacial score (nSPS) is 11.6. The van der Waals surface area contributed by atoms with Crippen molar-refractivity contribution in [2.75, 3.05) is 0 Å². The molecule has 0 saturated heterocycles. The van der Waals surface area contributed by atoms with Crippen LogP contribution in [0, 0.1) is 10.1 Å². The molecule has 4 nitrogen and oxygen atoms in total. The van der Waals surface area contributed by atoms with Crippen LogP contribution >= 0.6 is 22.6 Å². The fraction of sp³-hybridized carbons (Fsp3) is 0.0909. The monoisotopic (exact) mass is 519 g/mol. The van der Waals surface area contributed by atoms with Crippen molar-refractivity contribution in [2.45, 2.75) is 12.7 Å². The van der Waals surface area contributed by atoms with Crippen molar-refractivity contribution in [2.24, 2.45) is 0 Å². The SMILES string of the molecule is [C-]#[N+]c1ccc(-n2c(=O)n(Cc3ccc(I)cc3)c3ccccc32)cc1C(F)(F)F. The van der Waals surface area contributed by atoms with Crippen LogP contribution in [0.15, 0.2) is 71.5 Å². The van der Waals surface area contributed by atoms with E-state index >= 15 is 0 Å². The Morgan fingerprint density at radius 2 is 1.63 bits per heavy atom. The number of imidazole rings is 1. The van der Waals surface area contributed by atoms with Gasteiger partial charge in [0.1, 0.15) is 0 Å². The fourth-order valence-corrected chi connectivity index (χ4v) is 3.73. The van der Waals surface area contributed by atoms with Crippen LogP contribution < -0.4 is 5.69 Å². The van der Waals surface area contributed by atoms with E-state index in [-0.39, 0.29) is 12.2 Å². The third-order valence-corrected chi connectivity index (χ3v) is 5.47. The molecule has 0 aliphatic heterocycles. The van der Waals surface area contributed by atoms with E-state index in [1.807, 2.05) is 24.3 Å². The van der Waals surface area contributed by atoms with Crippen molar-refractivity contribution in [1.82, 2.24) is 9.13 Å². The molecule has 1 heterocycles. The van der Waals surface area contributed by atoms with Crippen molar-refractivity contribution in [1.29, 1.82) is 0 Å². The lowest BCUT2D eigenvalue weighted by Crippen LogP contribution is -2.24. The first-order valence-corrected chi connectivity index (χ1v) is 9.91. The zero-order valence-electron chi connectivity index (χ0n) is 15.3. The molecule has 0 fully saturated rings. The maximum absolute atomic E-state index is 13.4. The van der Waals surface area contributed by atoms with E-state index in [1.165, 1.54) is 15.2 Å². The molecular weight excluding hydrogens is 506 g/mol. The smallest absolute Gasteiger partial charge is 0.287 e. The van der Waals surface area contributed by atoms with Crippen LogP contribution in [0.25, 0.3) is 21.6 Å². The summed E-state index contributed by atoms with van der Waals surface area (Å²) in [6.07, 6.45) is -4.70. The van der Waals surface area contributed by atoms with E-state index in [2.05, 4.69) is 27.4 Å². The topological polar surface area (TPSA) is 31.3 Å². The van der Waals surface area contributed by atoms with Crippen LogP contribution in [0.5, 0.6) is 0 Å². The molecule has 0 saturated carbocycles. The summed E-state index contributed by atoms with van der Waals surface area (Å²) in [5.41, 5.74) is 0.0781. The third kappa shape index (κ3) is 3.61. The largest absolute Gasteiger partial charge is 0.407 e. The summed E-state index contributed by atoms with van der Waals surface area (Å²) in [7, 11) is 0. The highest BCUT2D eigenvalue weighted by molar-refractivity contribution is 14.1. The summed E-state index contributed by atoms with van der Waals surface area (Å²) >= 11 is 2.19. The van der Waals surface area contributed by atoms with Crippen molar-refractivity contribution < 1.29 is 13.2 Å². The molecule has 0 amide bonds. The quantitative estimate of drug-likeness (QED) is 0.241. The van der Waals surface area contributed by atoms with E-state index in [1.54, 1.807) is 24.3 Å². The van der Waals surface area contributed by atoms with Crippen LogP contribution in [-0.4, -0.2) is 9.13 Å². The molecular formula is C22H13F3IN3O. The predicted molar refractivity (Wildman–Crippen MR) is 117 cm³/mol. The molecule has 0 aliphatic rings. The van der Waals surface area contributed by atoms with Gasteiger partial charge in [-0.2, -0.15) is 13.2 Å². The van der Waals surface area contributed by atoms with Gasteiger partial charge in [-0.15, -0.1) is 0 Å². The third-order valence-electron chi connectivity index (χ3n) is 4.75. The summed E-state index contributed by atoms with van der Waals surface area (Å²) in [5.74, 6) is 0. The van der Waals surface area contributed by atoms with Gasteiger partial charge < -0.3 is 0 Å². The molecule has 0 unspecified atom stereocenters. The number of fused-ring (bicyclic) bond motifs is 1. The molecule has 3 aromatic carbocycles. The van der Waals surface area contributed by atoms with E-state index in [9.17, 15) is 18.0 Å². The number of halogens is 4. The molecule has 0 spiro atoms. The van der Waals surface area contributed by atoms with Crippen LogP contribution in [0.2, 0.25) is 0 Å². The number of hydrogen-bond donors (Lipinski definition) is 0. The molecule has 0 N–H and O–H groups in total. The van der Waals surface area contributed by atoms with Crippen molar-refractivity contribution in [3.8, 4) is 5.69 Å². The Bertz CT molecular complexity index is 1350. The van der Waals surface area contributed by atoms with Crippen LogP contribution in [0.4, 0.5) is 18.9 Å². The van der Waals surface area contributed by atoms with Gasteiger partial charge in [0.15, 0.2) is 5.69 Å². The number of aromatic nitrogens is 2. The lowest BCUT2D eigenvalue weighted by Gasteiger charge is -2.11. The molecule has 30 heavy (non-hydrogen) atoms. The second kappa shape index (κ2) is 7.65. The number of benzene rings is 3. The van der Waals surface area contributed by atoms with Gasteiger partial charge in [-0.3, -0.25) is 9.13 Å². The lowest BCUT2D eigenvalue weighted by molar-refractivity contribution is -0.136. The average Bonchev–Trinajstić information content (AvgIpc) is 3.00. The summed E-state index contributed by atoms with van der Waals surface area (Å²) < 4.78 is 44.2. The molecule has 4 rings (SSSR count). The van der Waals surface area contributed by atoms with E-state index in [0.29, 0.717) is 11.0 Å². The van der Waals surface area contributed by atoms with Gasteiger partial charge in [-0.1, -0.05) is 30.3 Å². The highest BCUT2D eigenvalue weighted by atomic mass is 127. The molecule has 0 atom stereocenters. The molecule has 150 valence electrons. The summed E-state index contributed by atoms with van der Waals surface area (Å²) in [6.45, 7) is 7.30. The average molecular weight is 519 g/mol. The Morgan fingerprint density at radius 1 is 0.967 bits per heavy atom. The molecule has 0 bridgehead atoms. The zero-order valence-corrected chi connectivity index (χ0v) is 17.5. The maximum atomic E-state index is 13.4. The zero-order chi connectivity index (χ0) is 21.5. The summed E-state index contributed by atoms with van der Waals surface area (Å²) in [4.78, 5) is 16.2. The minimum atomic E-state index is -4.70. The molecule has 0 radical (unpaired) electrons. The lowest BCUT2D eigenvalue weighted by atomic mass is 10.1. The minimum Gasteiger partial charge on any atom is -0.287 e. The van der Waals surface area contributed by atoms with Crippen LogP contribution in [-0.2, 0) is 12.7 Å². The summed E-state index contributed by atoms with van der Waals surface area (Å²) in [6, 6.07) is 18.0. The second-order valence-electron chi connectivity index (χ2n) is 6.63. The van der Waals surface area contributed by atoms with Gasteiger partial charge >= 0.3 is 11.9 Å². The minimum absolute atomic E-state index is 0.0669. The highest BCUT2D eigenvalue weighted by Crippen LogP contribution is 2.37. The molecule has 4 aromatic rings. The van der Waals surface area contributed by atoms with Gasteiger partial charge in [-0.05, 0) is 64.6 Å². The van der Waals surface area contributed by atoms with E-state index in [0.717, 1.165) is 21.3 Å². The Balaban J connectivity index is 1.93. The van der Waals surface area contributed by atoms with E-state index < -0.39 is 23.1 Å². The maximum Gasteiger partial charge on any atom is 0.407 e. The first kappa shape index (κ1) is 20.2. The number of hydrogen-bond acceptors (Lipinski definition) is 1. The Labute approximate surface area is 183 Å². The highest BCUT2D eigenvalue weighted by Gasteiger charge is 2.34. The van der Waals surface area contributed by atoms with E-state index in [4.69, 9.17) is 6.57 Å². The Kier molecular flexibility index (Phi) is 5.15. The number of rotatable bonds is 3. The molecule has 8 heteroatoms. The standard InChI is InChI=1S/C22H13F3IN3O/c1-27-18-11-10-16(12-17(18)22(23,24)25)29-20-5-3-2-4-19(20)28(21(29)30)13-14-6-8-15(26)9-7-14/h2-12H,13H2. The van der Waals surface area contributed by atoms with Gasteiger partial charge in [0, 0.05) is 9.26 Å². The number of nitrogens with zero attached hydrogens (tertiary/aromatic N) is 3. The predicted octanol–water partition coefficient (Wildman–Crippen LogP) is 6.01. The Morgan fingerprint density at radius 3 is 2.27 bits per heavy atom. The molecule has 0 aliphatic carbocycles. The number of para-hydroxylation sites is 2. The second-order valence-corrected chi connectivity index (χ2v) is 7.88. The summed E-state index contributed by atoms with van der Waals surface area (Å²) in [5, 5.41) is 0. The van der Waals surface area contributed by atoms with Gasteiger partial charge in [0.2, 0.25) is 0 Å².